The molecule has 1 heterocycles. The number of rotatable bonds is 6. The number of benzene rings is 2. The Morgan fingerprint density at radius 2 is 1.52 bits per heavy atom. The average Bonchev–Trinajstić information content (AvgIpc) is 3.05. The maximum Gasteiger partial charge on any atom is 0.255 e. The lowest BCUT2D eigenvalue weighted by Crippen LogP contribution is -2.27. The molecule has 0 spiro atoms. The molecule has 2 N–H and O–H groups in total. The van der Waals surface area contributed by atoms with Crippen LogP contribution in [0.5, 0.6) is 5.75 Å². The first-order valence-electron chi connectivity index (χ1n) is 10.0. The fourth-order valence-corrected chi connectivity index (χ4v) is 2.72. The number of carbonyl (C=O) groups excluding carboxylic acids is 2. The second kappa shape index (κ2) is 9.04. The first-order chi connectivity index (χ1) is 14.6. The number of anilines is 2. The van der Waals surface area contributed by atoms with Gasteiger partial charge in [-0.1, -0.05) is 25.9 Å². The number of aryl methyl sites for hydroxylation is 2. The van der Waals surface area contributed by atoms with Crippen molar-refractivity contribution in [1.82, 2.24) is 5.16 Å². The monoisotopic (exact) mass is 421 g/mol. The minimum atomic E-state index is -0.476. The average molecular weight is 421 g/mol. The number of nitrogens with zero attached hydrogens (tertiary/aromatic N) is 1. The van der Waals surface area contributed by atoms with Gasteiger partial charge < -0.3 is 19.9 Å². The van der Waals surface area contributed by atoms with E-state index in [9.17, 15) is 9.59 Å². The maximum atomic E-state index is 12.5. The Hall–Kier alpha value is -3.61. The van der Waals surface area contributed by atoms with Gasteiger partial charge >= 0.3 is 0 Å². The quantitative estimate of drug-likeness (QED) is 0.577. The van der Waals surface area contributed by atoms with Gasteiger partial charge in [-0.05, 0) is 62.4 Å². The van der Waals surface area contributed by atoms with Crippen molar-refractivity contribution in [3.63, 3.8) is 0 Å². The van der Waals surface area contributed by atoms with Crippen LogP contribution >= 0.6 is 0 Å². The van der Waals surface area contributed by atoms with Gasteiger partial charge in [0.2, 0.25) is 5.91 Å². The molecule has 2 amide bonds. The van der Waals surface area contributed by atoms with Gasteiger partial charge in [-0.15, -0.1) is 0 Å². The molecule has 0 aliphatic heterocycles. The Kier molecular flexibility index (Phi) is 6.44. The van der Waals surface area contributed by atoms with E-state index in [2.05, 4.69) is 15.8 Å². The van der Waals surface area contributed by atoms with Gasteiger partial charge in [-0.25, -0.2) is 0 Å². The standard InChI is InChI=1S/C24H27N3O4/c1-15-21(16(2)31-27-15)14-30-20-12-6-17(7-13-20)22(28)25-18-8-10-19(11-9-18)26-23(29)24(3,4)5/h6-13H,14H2,1-5H3,(H,25,28)(H,26,29). The van der Waals surface area contributed by atoms with E-state index in [0.717, 1.165) is 17.0 Å². The first kappa shape index (κ1) is 22.1. The summed E-state index contributed by atoms with van der Waals surface area (Å²) in [5.74, 6) is 1.08. The fraction of sp³-hybridized carbons (Fsp3) is 0.292. The van der Waals surface area contributed by atoms with Crippen molar-refractivity contribution >= 4 is 23.2 Å². The van der Waals surface area contributed by atoms with Gasteiger partial charge in [-0.3, -0.25) is 9.59 Å². The van der Waals surface area contributed by atoms with Crippen LogP contribution in [0.1, 0.15) is 48.1 Å². The summed E-state index contributed by atoms with van der Waals surface area (Å²) in [6.07, 6.45) is 0. The molecule has 0 fully saturated rings. The molecule has 31 heavy (non-hydrogen) atoms. The second-order valence-corrected chi connectivity index (χ2v) is 8.35. The number of amides is 2. The van der Waals surface area contributed by atoms with Crippen LogP contribution in [0.15, 0.2) is 53.1 Å². The molecule has 0 bridgehead atoms. The van der Waals surface area contributed by atoms with E-state index in [1.165, 1.54) is 0 Å². The molecular formula is C24H27N3O4. The lowest BCUT2D eigenvalue weighted by molar-refractivity contribution is -0.123. The predicted molar refractivity (Wildman–Crippen MR) is 119 cm³/mol. The van der Waals surface area contributed by atoms with Gasteiger partial charge in [0.05, 0.1) is 11.3 Å². The molecule has 3 rings (SSSR count). The summed E-state index contributed by atoms with van der Waals surface area (Å²) in [6.45, 7) is 9.62. The lowest BCUT2D eigenvalue weighted by Gasteiger charge is -2.17. The van der Waals surface area contributed by atoms with Crippen molar-refractivity contribution < 1.29 is 18.8 Å². The van der Waals surface area contributed by atoms with Crippen LogP contribution in [0.2, 0.25) is 0 Å². The predicted octanol–water partition coefficient (Wildman–Crippen LogP) is 5.11. The highest BCUT2D eigenvalue weighted by atomic mass is 16.5. The van der Waals surface area contributed by atoms with E-state index in [1.54, 1.807) is 48.5 Å². The number of hydrogen-bond donors (Lipinski definition) is 2. The second-order valence-electron chi connectivity index (χ2n) is 8.35. The smallest absolute Gasteiger partial charge is 0.255 e. The van der Waals surface area contributed by atoms with Crippen LogP contribution in [0.3, 0.4) is 0 Å². The Morgan fingerprint density at radius 3 is 2.03 bits per heavy atom. The molecule has 3 aromatic rings. The zero-order valence-corrected chi connectivity index (χ0v) is 18.4. The minimum Gasteiger partial charge on any atom is -0.489 e. The van der Waals surface area contributed by atoms with Gasteiger partial charge in [0.15, 0.2) is 0 Å². The van der Waals surface area contributed by atoms with Gasteiger partial charge in [0.25, 0.3) is 5.91 Å². The zero-order chi connectivity index (χ0) is 22.6. The van der Waals surface area contributed by atoms with Gasteiger partial charge in [0, 0.05) is 22.4 Å². The summed E-state index contributed by atoms with van der Waals surface area (Å²) in [6, 6.07) is 13.9. The van der Waals surface area contributed by atoms with Crippen molar-refractivity contribution in [2.75, 3.05) is 10.6 Å². The van der Waals surface area contributed by atoms with Gasteiger partial charge in [0.1, 0.15) is 18.1 Å². The number of ether oxygens (including phenoxy) is 1. The van der Waals surface area contributed by atoms with Crippen LogP contribution < -0.4 is 15.4 Å². The molecule has 162 valence electrons. The Balaban J connectivity index is 1.56. The molecule has 2 aromatic carbocycles. The lowest BCUT2D eigenvalue weighted by atomic mass is 9.95. The van der Waals surface area contributed by atoms with E-state index < -0.39 is 5.41 Å². The molecule has 0 radical (unpaired) electrons. The van der Waals surface area contributed by atoms with Crippen molar-refractivity contribution in [3.8, 4) is 5.75 Å². The number of hydrogen-bond acceptors (Lipinski definition) is 5. The highest BCUT2D eigenvalue weighted by molar-refractivity contribution is 6.04. The third kappa shape index (κ3) is 5.72. The van der Waals surface area contributed by atoms with Crippen LogP contribution in [0.4, 0.5) is 11.4 Å². The molecule has 0 unspecified atom stereocenters. The zero-order valence-electron chi connectivity index (χ0n) is 18.4. The van der Waals surface area contributed by atoms with E-state index in [4.69, 9.17) is 9.26 Å². The van der Waals surface area contributed by atoms with Crippen molar-refractivity contribution in [2.24, 2.45) is 5.41 Å². The first-order valence-corrected chi connectivity index (χ1v) is 10.0. The molecule has 0 atom stereocenters. The molecular weight excluding hydrogens is 394 g/mol. The highest BCUT2D eigenvalue weighted by Crippen LogP contribution is 2.21. The van der Waals surface area contributed by atoms with E-state index in [0.29, 0.717) is 29.3 Å². The largest absolute Gasteiger partial charge is 0.489 e. The molecule has 0 aliphatic rings. The topological polar surface area (TPSA) is 93.5 Å². The molecule has 7 heteroatoms. The number of aromatic nitrogens is 1. The molecule has 1 aromatic heterocycles. The number of carbonyl (C=O) groups is 2. The summed E-state index contributed by atoms with van der Waals surface area (Å²) in [4.78, 5) is 24.6. The highest BCUT2D eigenvalue weighted by Gasteiger charge is 2.21. The van der Waals surface area contributed by atoms with Gasteiger partial charge in [-0.2, -0.15) is 0 Å². The van der Waals surface area contributed by atoms with E-state index >= 15 is 0 Å². The Bertz CT molecular complexity index is 1040. The van der Waals surface area contributed by atoms with E-state index in [-0.39, 0.29) is 11.8 Å². The summed E-state index contributed by atoms with van der Waals surface area (Å²) >= 11 is 0. The van der Waals surface area contributed by atoms with Crippen LogP contribution in [0.25, 0.3) is 0 Å². The normalized spacial score (nSPS) is 11.1. The van der Waals surface area contributed by atoms with Crippen molar-refractivity contribution in [3.05, 3.63) is 71.1 Å². The minimum absolute atomic E-state index is 0.0686. The third-order valence-corrected chi connectivity index (χ3v) is 4.76. The summed E-state index contributed by atoms with van der Waals surface area (Å²) in [7, 11) is 0. The van der Waals surface area contributed by atoms with Crippen LogP contribution in [0, 0.1) is 19.3 Å². The molecule has 0 aliphatic carbocycles. The summed E-state index contributed by atoms with van der Waals surface area (Å²) in [5, 5.41) is 9.61. The maximum absolute atomic E-state index is 12.5. The Labute approximate surface area is 181 Å². The Morgan fingerprint density at radius 1 is 0.935 bits per heavy atom. The molecule has 0 saturated heterocycles. The van der Waals surface area contributed by atoms with Crippen molar-refractivity contribution in [1.29, 1.82) is 0 Å². The fourth-order valence-electron chi connectivity index (χ4n) is 2.72. The van der Waals surface area contributed by atoms with E-state index in [1.807, 2.05) is 34.6 Å². The summed E-state index contributed by atoms with van der Waals surface area (Å²) < 4.78 is 10.9. The number of nitrogens with one attached hydrogen (secondary N) is 2. The summed E-state index contributed by atoms with van der Waals surface area (Å²) in [5.41, 5.74) is 3.07. The SMILES string of the molecule is Cc1noc(C)c1COc1ccc(C(=O)Nc2ccc(NC(=O)C(C)(C)C)cc2)cc1. The van der Waals surface area contributed by atoms with Crippen LogP contribution in [-0.4, -0.2) is 17.0 Å². The molecule has 0 saturated carbocycles. The third-order valence-electron chi connectivity index (χ3n) is 4.76. The van der Waals surface area contributed by atoms with Crippen molar-refractivity contribution in [2.45, 2.75) is 41.2 Å². The molecule has 7 nitrogen and oxygen atoms in total. The van der Waals surface area contributed by atoms with Crippen LogP contribution in [-0.2, 0) is 11.4 Å².